The maximum Gasteiger partial charge on any atom is 0.253 e. The highest BCUT2D eigenvalue weighted by Crippen LogP contribution is 2.23. The fourth-order valence-electron chi connectivity index (χ4n) is 1.65. The molecule has 7 heteroatoms. The van der Waals surface area contributed by atoms with E-state index < -0.39 is 12.0 Å². The third-order valence-corrected chi connectivity index (χ3v) is 3.25. The summed E-state index contributed by atoms with van der Waals surface area (Å²) >= 11 is 11.6. The van der Waals surface area contributed by atoms with Crippen molar-refractivity contribution in [3.05, 3.63) is 33.8 Å². The van der Waals surface area contributed by atoms with Crippen LogP contribution in [0.4, 0.5) is 0 Å². The third kappa shape index (κ3) is 4.37. The number of halogens is 2. The number of benzene rings is 1. The minimum atomic E-state index is -1.42. The molecule has 0 saturated heterocycles. The van der Waals surface area contributed by atoms with Gasteiger partial charge in [0.05, 0.1) is 6.54 Å². The molecule has 0 spiro atoms. The molecule has 0 aromatic heterocycles. The molecule has 1 aromatic carbocycles. The minimum absolute atomic E-state index is 0.166. The van der Waals surface area contributed by atoms with Crippen molar-refractivity contribution in [3.8, 4) is 0 Å². The largest absolute Gasteiger partial charge is 0.378 e. The average Bonchev–Trinajstić information content (AvgIpc) is 3.17. The second kappa shape index (κ2) is 6.43. The Labute approximate surface area is 126 Å². The third-order valence-electron chi connectivity index (χ3n) is 2.81. The van der Waals surface area contributed by atoms with E-state index in [2.05, 4.69) is 10.6 Å². The molecule has 1 aliphatic carbocycles. The lowest BCUT2D eigenvalue weighted by Gasteiger charge is -2.12. The molecule has 0 heterocycles. The van der Waals surface area contributed by atoms with E-state index in [0.29, 0.717) is 10.0 Å². The summed E-state index contributed by atoms with van der Waals surface area (Å²) in [5, 5.41) is 15.6. The molecule has 1 saturated carbocycles. The van der Waals surface area contributed by atoms with E-state index in [1.807, 2.05) is 0 Å². The van der Waals surface area contributed by atoms with Crippen molar-refractivity contribution in [2.24, 2.45) is 0 Å². The Balaban J connectivity index is 1.88. The van der Waals surface area contributed by atoms with Crippen molar-refractivity contribution in [2.45, 2.75) is 25.0 Å². The second-order valence-corrected chi connectivity index (χ2v) is 5.54. The topological polar surface area (TPSA) is 78.4 Å². The maximum atomic E-state index is 11.7. The quantitative estimate of drug-likeness (QED) is 0.768. The van der Waals surface area contributed by atoms with Gasteiger partial charge >= 0.3 is 0 Å². The van der Waals surface area contributed by atoms with Gasteiger partial charge in [0.2, 0.25) is 5.91 Å². The number of rotatable bonds is 5. The van der Waals surface area contributed by atoms with Crippen LogP contribution >= 0.6 is 23.2 Å². The van der Waals surface area contributed by atoms with E-state index in [1.165, 1.54) is 18.2 Å². The maximum absolute atomic E-state index is 11.7. The summed E-state index contributed by atoms with van der Waals surface area (Å²) < 4.78 is 0. The van der Waals surface area contributed by atoms with Crippen LogP contribution in [0.25, 0.3) is 0 Å². The van der Waals surface area contributed by atoms with E-state index in [4.69, 9.17) is 23.2 Å². The van der Waals surface area contributed by atoms with Crippen LogP contribution in [0.5, 0.6) is 0 Å². The molecule has 2 rings (SSSR count). The second-order valence-electron chi connectivity index (χ2n) is 4.66. The highest BCUT2D eigenvalue weighted by molar-refractivity contribution is 6.34. The van der Waals surface area contributed by atoms with E-state index in [-0.39, 0.29) is 24.1 Å². The molecule has 1 atom stereocenters. The molecule has 1 aromatic rings. The van der Waals surface area contributed by atoms with Crippen LogP contribution in [-0.4, -0.2) is 29.5 Å². The van der Waals surface area contributed by atoms with Crippen LogP contribution < -0.4 is 10.6 Å². The fraction of sp³-hybridized carbons (Fsp3) is 0.385. The number of carbonyl (C=O) groups is 2. The number of nitrogens with one attached hydrogen (secondary N) is 2. The van der Waals surface area contributed by atoms with Crippen LogP contribution in [0.1, 0.15) is 24.5 Å². The minimum Gasteiger partial charge on any atom is -0.378 e. The lowest BCUT2D eigenvalue weighted by Crippen LogP contribution is -2.39. The smallest absolute Gasteiger partial charge is 0.253 e. The number of amides is 2. The van der Waals surface area contributed by atoms with Crippen LogP contribution in [0.3, 0.4) is 0 Å². The van der Waals surface area contributed by atoms with Gasteiger partial charge in [0, 0.05) is 16.1 Å². The van der Waals surface area contributed by atoms with Crippen molar-refractivity contribution in [1.82, 2.24) is 10.6 Å². The zero-order valence-electron chi connectivity index (χ0n) is 10.5. The molecule has 1 fully saturated rings. The summed E-state index contributed by atoms with van der Waals surface area (Å²) in [4.78, 5) is 23.2. The van der Waals surface area contributed by atoms with E-state index in [0.717, 1.165) is 12.8 Å². The highest BCUT2D eigenvalue weighted by Gasteiger charge is 2.24. The summed E-state index contributed by atoms with van der Waals surface area (Å²) in [5.74, 6) is -0.938. The number of aliphatic hydroxyl groups excluding tert-OH is 1. The van der Waals surface area contributed by atoms with Crippen molar-refractivity contribution in [1.29, 1.82) is 0 Å². The highest BCUT2D eigenvalue weighted by atomic mass is 35.5. The molecule has 108 valence electrons. The molecule has 2 amide bonds. The summed E-state index contributed by atoms with van der Waals surface area (Å²) in [6.07, 6.45) is 0.534. The molecule has 0 bridgehead atoms. The number of hydrogen-bond acceptors (Lipinski definition) is 3. The Bertz CT molecular complexity index is 512. The van der Waals surface area contributed by atoms with Gasteiger partial charge in [-0.2, -0.15) is 0 Å². The molecular formula is C13H14Cl2N2O3. The molecular weight excluding hydrogens is 303 g/mol. The fourth-order valence-corrected chi connectivity index (χ4v) is 2.20. The van der Waals surface area contributed by atoms with Gasteiger partial charge in [-0.25, -0.2) is 0 Å². The van der Waals surface area contributed by atoms with Crippen molar-refractivity contribution in [2.75, 3.05) is 6.54 Å². The standard InChI is InChI=1S/C13H14Cl2N2O3/c14-8-3-7(4-9(15)5-8)12(19)13(20)16-6-11(18)17-10-1-2-10/h3-5,10,12,19H,1-2,6H2,(H,16,20)(H,17,18). The van der Waals surface area contributed by atoms with Gasteiger partial charge in [0.25, 0.3) is 5.91 Å². The van der Waals surface area contributed by atoms with Gasteiger partial charge in [-0.3, -0.25) is 9.59 Å². The Hall–Kier alpha value is -1.30. The first-order valence-electron chi connectivity index (χ1n) is 6.17. The van der Waals surface area contributed by atoms with Crippen molar-refractivity contribution in [3.63, 3.8) is 0 Å². The lowest BCUT2D eigenvalue weighted by atomic mass is 10.1. The zero-order valence-corrected chi connectivity index (χ0v) is 12.0. The average molecular weight is 317 g/mol. The lowest BCUT2D eigenvalue weighted by molar-refractivity contribution is -0.132. The number of aliphatic hydroxyl groups is 1. The van der Waals surface area contributed by atoms with Crippen LogP contribution in [0.15, 0.2) is 18.2 Å². The van der Waals surface area contributed by atoms with Gasteiger partial charge in [-0.15, -0.1) is 0 Å². The van der Waals surface area contributed by atoms with E-state index in [1.54, 1.807) is 0 Å². The summed E-state index contributed by atoms with van der Waals surface area (Å²) in [6.45, 7) is -0.166. The van der Waals surface area contributed by atoms with Crippen molar-refractivity contribution >= 4 is 35.0 Å². The molecule has 0 radical (unpaired) electrons. The van der Waals surface area contributed by atoms with Gasteiger partial charge in [0.1, 0.15) is 0 Å². The predicted molar refractivity (Wildman–Crippen MR) is 75.6 cm³/mol. The van der Waals surface area contributed by atoms with Gasteiger partial charge in [-0.1, -0.05) is 23.2 Å². The monoisotopic (exact) mass is 316 g/mol. The predicted octanol–water partition coefficient (Wildman–Crippen LogP) is 1.42. The normalized spacial score (nSPS) is 15.6. The number of carbonyl (C=O) groups excluding carboxylic acids is 2. The molecule has 3 N–H and O–H groups in total. The summed E-state index contributed by atoms with van der Waals surface area (Å²) in [7, 11) is 0. The van der Waals surface area contributed by atoms with Gasteiger partial charge < -0.3 is 15.7 Å². The van der Waals surface area contributed by atoms with Crippen LogP contribution in [0, 0.1) is 0 Å². The van der Waals surface area contributed by atoms with Crippen LogP contribution in [-0.2, 0) is 9.59 Å². The first-order chi connectivity index (χ1) is 9.45. The SMILES string of the molecule is O=C(CNC(=O)C(O)c1cc(Cl)cc(Cl)c1)NC1CC1. The molecule has 1 unspecified atom stereocenters. The zero-order chi connectivity index (χ0) is 14.7. The number of hydrogen-bond donors (Lipinski definition) is 3. The first-order valence-corrected chi connectivity index (χ1v) is 6.92. The first kappa shape index (κ1) is 15.1. The Kier molecular flexibility index (Phi) is 4.86. The Morgan fingerprint density at radius 2 is 1.85 bits per heavy atom. The molecule has 20 heavy (non-hydrogen) atoms. The molecule has 5 nitrogen and oxygen atoms in total. The van der Waals surface area contributed by atoms with Gasteiger partial charge in [0.15, 0.2) is 6.10 Å². The Morgan fingerprint density at radius 3 is 2.40 bits per heavy atom. The van der Waals surface area contributed by atoms with E-state index in [9.17, 15) is 14.7 Å². The van der Waals surface area contributed by atoms with Crippen LogP contribution in [0.2, 0.25) is 10.0 Å². The van der Waals surface area contributed by atoms with Crippen molar-refractivity contribution < 1.29 is 14.7 Å². The summed E-state index contributed by atoms with van der Waals surface area (Å²) in [6, 6.07) is 4.63. The molecule has 0 aliphatic heterocycles. The Morgan fingerprint density at radius 1 is 1.25 bits per heavy atom. The summed E-state index contributed by atoms with van der Waals surface area (Å²) in [5.41, 5.74) is 0.280. The molecule has 1 aliphatic rings. The van der Waals surface area contributed by atoms with E-state index >= 15 is 0 Å². The van der Waals surface area contributed by atoms with Gasteiger partial charge in [-0.05, 0) is 36.6 Å².